The fraction of sp³-hybridized carbons (Fsp3) is 0.167. The van der Waals surface area contributed by atoms with Crippen molar-refractivity contribution in [2.75, 3.05) is 11.9 Å². The molecule has 0 saturated carbocycles. The van der Waals surface area contributed by atoms with Gasteiger partial charge in [0, 0.05) is 5.02 Å². The Kier molecular flexibility index (Phi) is 6.38. The standard InChI is InChI=1S/C18H15ClN2O4/c1-12(25-15-8-6-14(19)7-9-15)18(23)24-11-17(22)21-16-5-3-2-4-13(16)10-20/h2-9,12H,11H2,1H3,(H,21,22)/t12-/m1/s1. The highest BCUT2D eigenvalue weighted by molar-refractivity contribution is 6.30. The molecule has 0 aliphatic heterocycles. The minimum Gasteiger partial charge on any atom is -0.479 e. The number of hydrogen-bond acceptors (Lipinski definition) is 5. The molecule has 25 heavy (non-hydrogen) atoms. The van der Waals surface area contributed by atoms with E-state index in [4.69, 9.17) is 26.3 Å². The molecular formula is C18H15ClN2O4. The molecule has 0 radical (unpaired) electrons. The maximum absolute atomic E-state index is 11.9. The summed E-state index contributed by atoms with van der Waals surface area (Å²) >= 11 is 5.77. The van der Waals surface area contributed by atoms with Gasteiger partial charge in [-0.1, -0.05) is 23.7 Å². The Morgan fingerprint density at radius 2 is 1.88 bits per heavy atom. The summed E-state index contributed by atoms with van der Waals surface area (Å²) in [4.78, 5) is 23.7. The number of nitrogens with one attached hydrogen (secondary N) is 1. The van der Waals surface area contributed by atoms with Gasteiger partial charge in [-0.15, -0.1) is 0 Å². The third-order valence-electron chi connectivity index (χ3n) is 3.13. The number of benzene rings is 2. The molecule has 7 heteroatoms. The van der Waals surface area contributed by atoms with E-state index in [1.807, 2.05) is 6.07 Å². The Balaban J connectivity index is 1.83. The van der Waals surface area contributed by atoms with Crippen LogP contribution in [0.3, 0.4) is 0 Å². The molecule has 2 rings (SSSR count). The Bertz CT molecular complexity index is 799. The van der Waals surface area contributed by atoms with Crippen LogP contribution in [0.1, 0.15) is 12.5 Å². The average molecular weight is 359 g/mol. The minimum atomic E-state index is -0.889. The van der Waals surface area contributed by atoms with Crippen LogP contribution in [0.2, 0.25) is 5.02 Å². The molecule has 2 aromatic rings. The van der Waals surface area contributed by atoms with Gasteiger partial charge in [0.05, 0.1) is 11.3 Å². The first-order valence-electron chi connectivity index (χ1n) is 7.37. The fourth-order valence-electron chi connectivity index (χ4n) is 1.90. The van der Waals surface area contributed by atoms with E-state index in [1.165, 1.54) is 6.92 Å². The maximum Gasteiger partial charge on any atom is 0.347 e. The molecule has 128 valence electrons. The fourth-order valence-corrected chi connectivity index (χ4v) is 2.02. The topological polar surface area (TPSA) is 88.4 Å². The number of hydrogen-bond donors (Lipinski definition) is 1. The third-order valence-corrected chi connectivity index (χ3v) is 3.38. The second kappa shape index (κ2) is 8.71. The van der Waals surface area contributed by atoms with E-state index >= 15 is 0 Å². The number of nitriles is 1. The first-order valence-corrected chi connectivity index (χ1v) is 7.75. The number of esters is 1. The summed E-state index contributed by atoms with van der Waals surface area (Å²) in [5.74, 6) is -0.769. The third kappa shape index (κ3) is 5.52. The number of rotatable bonds is 6. The number of carbonyl (C=O) groups is 2. The normalized spacial score (nSPS) is 11.1. The number of anilines is 1. The quantitative estimate of drug-likeness (QED) is 0.801. The number of nitrogens with zero attached hydrogens (tertiary/aromatic N) is 1. The van der Waals surface area contributed by atoms with Crippen molar-refractivity contribution in [3.05, 3.63) is 59.1 Å². The molecule has 1 atom stereocenters. The zero-order chi connectivity index (χ0) is 18.2. The van der Waals surface area contributed by atoms with Crippen molar-refractivity contribution in [2.45, 2.75) is 13.0 Å². The lowest BCUT2D eigenvalue weighted by molar-refractivity contribution is -0.153. The summed E-state index contributed by atoms with van der Waals surface area (Å²) in [6, 6.07) is 15.0. The molecule has 2 aromatic carbocycles. The number of carbonyl (C=O) groups excluding carboxylic acids is 2. The molecule has 1 N–H and O–H groups in total. The summed E-state index contributed by atoms with van der Waals surface area (Å²) in [7, 11) is 0. The van der Waals surface area contributed by atoms with E-state index in [1.54, 1.807) is 48.5 Å². The summed E-state index contributed by atoms with van der Waals surface area (Å²) in [6.45, 7) is 1.03. The first kappa shape index (κ1) is 18.3. The van der Waals surface area contributed by atoms with Crippen molar-refractivity contribution >= 4 is 29.2 Å². The monoisotopic (exact) mass is 358 g/mol. The number of halogens is 1. The van der Waals surface area contributed by atoms with E-state index in [-0.39, 0.29) is 0 Å². The van der Waals surface area contributed by atoms with Gasteiger partial charge in [-0.2, -0.15) is 5.26 Å². The van der Waals surface area contributed by atoms with Crippen LogP contribution in [0.25, 0.3) is 0 Å². The molecule has 0 fully saturated rings. The Morgan fingerprint density at radius 3 is 2.56 bits per heavy atom. The van der Waals surface area contributed by atoms with Gasteiger partial charge in [0.1, 0.15) is 11.8 Å². The van der Waals surface area contributed by atoms with Crippen molar-refractivity contribution in [2.24, 2.45) is 0 Å². The van der Waals surface area contributed by atoms with Gasteiger partial charge in [0.2, 0.25) is 0 Å². The van der Waals surface area contributed by atoms with Gasteiger partial charge in [-0.05, 0) is 43.3 Å². The van der Waals surface area contributed by atoms with Crippen LogP contribution in [-0.2, 0) is 14.3 Å². The van der Waals surface area contributed by atoms with Crippen molar-refractivity contribution in [1.82, 2.24) is 0 Å². The van der Waals surface area contributed by atoms with Crippen LogP contribution in [0.15, 0.2) is 48.5 Å². The molecule has 0 aliphatic carbocycles. The van der Waals surface area contributed by atoms with Gasteiger partial charge in [0.25, 0.3) is 5.91 Å². The van der Waals surface area contributed by atoms with Crippen molar-refractivity contribution in [3.63, 3.8) is 0 Å². The zero-order valence-electron chi connectivity index (χ0n) is 13.4. The van der Waals surface area contributed by atoms with Crippen molar-refractivity contribution in [3.8, 4) is 11.8 Å². The predicted molar refractivity (Wildman–Crippen MR) is 92.3 cm³/mol. The number of para-hydroxylation sites is 1. The highest BCUT2D eigenvalue weighted by atomic mass is 35.5. The van der Waals surface area contributed by atoms with Crippen molar-refractivity contribution in [1.29, 1.82) is 5.26 Å². The zero-order valence-corrected chi connectivity index (χ0v) is 14.1. The molecule has 0 bridgehead atoms. The molecule has 6 nitrogen and oxygen atoms in total. The lowest BCUT2D eigenvalue weighted by Gasteiger charge is -2.14. The molecular weight excluding hydrogens is 344 g/mol. The Hall–Kier alpha value is -3.04. The summed E-state index contributed by atoms with van der Waals surface area (Å²) in [5, 5.41) is 12.0. The van der Waals surface area contributed by atoms with Crippen LogP contribution in [-0.4, -0.2) is 24.6 Å². The molecule has 1 amide bonds. The average Bonchev–Trinajstić information content (AvgIpc) is 2.62. The second-order valence-electron chi connectivity index (χ2n) is 5.03. The lowest BCUT2D eigenvalue weighted by atomic mass is 10.2. The highest BCUT2D eigenvalue weighted by Crippen LogP contribution is 2.17. The number of amides is 1. The van der Waals surface area contributed by atoms with Gasteiger partial charge < -0.3 is 14.8 Å². The second-order valence-corrected chi connectivity index (χ2v) is 5.46. The maximum atomic E-state index is 11.9. The smallest absolute Gasteiger partial charge is 0.347 e. The summed E-state index contributed by atoms with van der Waals surface area (Å²) < 4.78 is 10.3. The molecule has 0 unspecified atom stereocenters. The van der Waals surface area contributed by atoms with Gasteiger partial charge in [0.15, 0.2) is 12.7 Å². The van der Waals surface area contributed by atoms with Gasteiger partial charge >= 0.3 is 5.97 Å². The van der Waals surface area contributed by atoms with Crippen LogP contribution in [0.5, 0.6) is 5.75 Å². The highest BCUT2D eigenvalue weighted by Gasteiger charge is 2.18. The largest absolute Gasteiger partial charge is 0.479 e. The van der Waals surface area contributed by atoms with E-state index in [0.29, 0.717) is 22.0 Å². The van der Waals surface area contributed by atoms with Crippen LogP contribution >= 0.6 is 11.6 Å². The van der Waals surface area contributed by atoms with E-state index < -0.39 is 24.6 Å². The Morgan fingerprint density at radius 1 is 1.20 bits per heavy atom. The van der Waals surface area contributed by atoms with Gasteiger partial charge in [-0.3, -0.25) is 4.79 Å². The predicted octanol–water partition coefficient (Wildman–Crippen LogP) is 3.16. The molecule has 0 aromatic heterocycles. The van der Waals surface area contributed by atoms with Crippen molar-refractivity contribution < 1.29 is 19.1 Å². The van der Waals surface area contributed by atoms with Crippen LogP contribution in [0, 0.1) is 11.3 Å². The first-order chi connectivity index (χ1) is 12.0. The van der Waals surface area contributed by atoms with Crippen LogP contribution in [0.4, 0.5) is 5.69 Å². The minimum absolute atomic E-state index is 0.321. The number of ether oxygens (including phenoxy) is 2. The van der Waals surface area contributed by atoms with Gasteiger partial charge in [-0.25, -0.2) is 4.79 Å². The molecule has 0 spiro atoms. The Labute approximate surface area is 149 Å². The molecule has 0 saturated heterocycles. The van der Waals surface area contributed by atoms with E-state index in [2.05, 4.69) is 5.32 Å². The SMILES string of the molecule is C[C@@H](Oc1ccc(Cl)cc1)C(=O)OCC(=O)Nc1ccccc1C#N. The summed E-state index contributed by atoms with van der Waals surface area (Å²) in [6.07, 6.45) is -0.889. The summed E-state index contributed by atoms with van der Waals surface area (Å²) in [5.41, 5.74) is 0.679. The molecule has 0 aliphatic rings. The van der Waals surface area contributed by atoms with E-state index in [9.17, 15) is 9.59 Å². The lowest BCUT2D eigenvalue weighted by Crippen LogP contribution is -2.29. The van der Waals surface area contributed by atoms with Crippen LogP contribution < -0.4 is 10.1 Å². The van der Waals surface area contributed by atoms with E-state index in [0.717, 1.165) is 0 Å². The molecule has 0 heterocycles.